The smallest absolute Gasteiger partial charge is 0.266 e. The van der Waals surface area contributed by atoms with Crippen LogP contribution in [-0.4, -0.2) is 5.91 Å². The summed E-state index contributed by atoms with van der Waals surface area (Å²) in [5.74, 6) is -0.379. The van der Waals surface area contributed by atoms with E-state index < -0.39 is 0 Å². The van der Waals surface area contributed by atoms with Crippen molar-refractivity contribution in [3.63, 3.8) is 0 Å². The molecule has 1 amide bonds. The highest BCUT2D eigenvalue weighted by Gasteiger charge is 2.13. The molecule has 25 heavy (non-hydrogen) atoms. The summed E-state index contributed by atoms with van der Waals surface area (Å²) in [5.41, 5.74) is 4.07. The second-order valence-electron chi connectivity index (χ2n) is 5.57. The Balaban J connectivity index is 2.20. The first-order valence-corrected chi connectivity index (χ1v) is 8.45. The third-order valence-electron chi connectivity index (χ3n) is 3.95. The maximum Gasteiger partial charge on any atom is 0.266 e. The molecule has 126 valence electrons. The summed E-state index contributed by atoms with van der Waals surface area (Å²) in [6.07, 6.45) is 6.77. The van der Waals surface area contributed by atoms with Crippen LogP contribution in [0.25, 0.3) is 6.08 Å². The minimum absolute atomic E-state index is 0.0835. The highest BCUT2D eigenvalue weighted by molar-refractivity contribution is 6.07. The molecule has 2 rings (SSSR count). The molecule has 0 aromatic heterocycles. The number of nitriles is 1. The van der Waals surface area contributed by atoms with Crippen LogP contribution in [0.5, 0.6) is 0 Å². The molecule has 0 aliphatic heterocycles. The third-order valence-corrected chi connectivity index (χ3v) is 3.95. The van der Waals surface area contributed by atoms with Gasteiger partial charge < -0.3 is 5.32 Å². The summed E-state index contributed by atoms with van der Waals surface area (Å²) in [6, 6.07) is 17.7. The van der Waals surface area contributed by atoms with Gasteiger partial charge in [-0.3, -0.25) is 4.79 Å². The number of carbonyl (C=O) groups is 1. The standard InChI is InChI=1S/C22H22N2O/c1-3-18-13-9-14-19(4-2)21(18)24-22(25)20(16-23)15-8-12-17-10-6-5-7-11-17/h5-15H,3-4H2,1-2H3,(H,24,25)/b12-8+,20-15-. The molecule has 0 aliphatic carbocycles. The van der Waals surface area contributed by atoms with E-state index in [0.717, 1.165) is 35.2 Å². The minimum Gasteiger partial charge on any atom is -0.321 e. The Kier molecular flexibility index (Phi) is 6.74. The van der Waals surface area contributed by atoms with Gasteiger partial charge in [0.25, 0.3) is 5.91 Å². The van der Waals surface area contributed by atoms with Crippen LogP contribution in [0.15, 0.2) is 66.3 Å². The molecule has 0 heterocycles. The third kappa shape index (κ3) is 4.92. The number of aryl methyl sites for hydroxylation is 2. The number of para-hydroxylation sites is 1. The number of carbonyl (C=O) groups excluding carboxylic acids is 1. The lowest BCUT2D eigenvalue weighted by atomic mass is 10.0. The number of hydrogen-bond acceptors (Lipinski definition) is 2. The molecule has 0 aliphatic rings. The zero-order chi connectivity index (χ0) is 18.1. The molecule has 0 radical (unpaired) electrons. The first kappa shape index (κ1) is 18.2. The maximum absolute atomic E-state index is 12.5. The molecule has 0 bridgehead atoms. The number of hydrogen-bond donors (Lipinski definition) is 1. The predicted octanol–water partition coefficient (Wildman–Crippen LogP) is 4.91. The number of amides is 1. The lowest BCUT2D eigenvalue weighted by Gasteiger charge is -2.13. The van der Waals surface area contributed by atoms with Gasteiger partial charge in [-0.2, -0.15) is 5.26 Å². The minimum atomic E-state index is -0.379. The Labute approximate surface area is 149 Å². The molecular weight excluding hydrogens is 308 g/mol. The van der Waals surface area contributed by atoms with Gasteiger partial charge in [0.05, 0.1) is 0 Å². The molecule has 3 nitrogen and oxygen atoms in total. The molecule has 3 heteroatoms. The van der Waals surface area contributed by atoms with E-state index in [1.165, 1.54) is 0 Å². The number of rotatable bonds is 6. The zero-order valence-electron chi connectivity index (χ0n) is 14.6. The molecule has 1 N–H and O–H groups in total. The first-order valence-electron chi connectivity index (χ1n) is 8.45. The number of anilines is 1. The van der Waals surface area contributed by atoms with E-state index >= 15 is 0 Å². The van der Waals surface area contributed by atoms with Crippen LogP contribution in [0.4, 0.5) is 5.69 Å². The first-order chi connectivity index (χ1) is 12.2. The van der Waals surface area contributed by atoms with Gasteiger partial charge in [-0.25, -0.2) is 0 Å². The van der Waals surface area contributed by atoms with Crippen LogP contribution < -0.4 is 5.32 Å². The zero-order valence-corrected chi connectivity index (χ0v) is 14.6. The van der Waals surface area contributed by atoms with Crippen molar-refractivity contribution in [2.24, 2.45) is 0 Å². The molecule has 0 saturated heterocycles. The summed E-state index contributed by atoms with van der Waals surface area (Å²) in [7, 11) is 0. The predicted molar refractivity (Wildman–Crippen MR) is 103 cm³/mol. The highest BCUT2D eigenvalue weighted by atomic mass is 16.1. The topological polar surface area (TPSA) is 52.9 Å². The second-order valence-corrected chi connectivity index (χ2v) is 5.57. The Bertz CT molecular complexity index is 805. The van der Waals surface area contributed by atoms with Crippen molar-refractivity contribution < 1.29 is 4.79 Å². The van der Waals surface area contributed by atoms with E-state index in [2.05, 4.69) is 5.32 Å². The van der Waals surface area contributed by atoms with Crippen LogP contribution in [0.2, 0.25) is 0 Å². The van der Waals surface area contributed by atoms with Crippen LogP contribution in [0.3, 0.4) is 0 Å². The van der Waals surface area contributed by atoms with Crippen LogP contribution in [-0.2, 0) is 17.6 Å². The molecule has 0 saturated carbocycles. The fraction of sp³-hybridized carbons (Fsp3) is 0.182. The van der Waals surface area contributed by atoms with E-state index in [4.69, 9.17) is 0 Å². The summed E-state index contributed by atoms with van der Waals surface area (Å²) in [6.45, 7) is 4.10. The summed E-state index contributed by atoms with van der Waals surface area (Å²) in [5, 5.41) is 12.2. The lowest BCUT2D eigenvalue weighted by molar-refractivity contribution is -0.112. The summed E-state index contributed by atoms with van der Waals surface area (Å²) >= 11 is 0. The largest absolute Gasteiger partial charge is 0.321 e. The molecule has 0 atom stereocenters. The fourth-order valence-electron chi connectivity index (χ4n) is 2.57. The van der Waals surface area contributed by atoms with Crippen molar-refractivity contribution in [1.29, 1.82) is 5.26 Å². The highest BCUT2D eigenvalue weighted by Crippen LogP contribution is 2.23. The Hall–Kier alpha value is -3.12. The van der Waals surface area contributed by atoms with Gasteiger partial charge in [-0.1, -0.05) is 74.5 Å². The van der Waals surface area contributed by atoms with E-state index in [-0.39, 0.29) is 11.5 Å². The van der Waals surface area contributed by atoms with Gasteiger partial charge in [-0.15, -0.1) is 0 Å². The monoisotopic (exact) mass is 330 g/mol. The van der Waals surface area contributed by atoms with Gasteiger partial charge in [-0.05, 0) is 35.6 Å². The van der Waals surface area contributed by atoms with Crippen molar-refractivity contribution >= 4 is 17.7 Å². The van der Waals surface area contributed by atoms with Crippen molar-refractivity contribution in [2.45, 2.75) is 26.7 Å². The van der Waals surface area contributed by atoms with E-state index in [9.17, 15) is 10.1 Å². The Morgan fingerprint density at radius 3 is 2.24 bits per heavy atom. The van der Waals surface area contributed by atoms with E-state index in [1.807, 2.05) is 74.5 Å². The van der Waals surface area contributed by atoms with Crippen molar-refractivity contribution in [1.82, 2.24) is 0 Å². The lowest BCUT2D eigenvalue weighted by Crippen LogP contribution is -2.16. The number of nitrogens with zero attached hydrogens (tertiary/aromatic N) is 1. The molecule has 2 aromatic rings. The van der Waals surface area contributed by atoms with Gasteiger partial charge >= 0.3 is 0 Å². The number of benzene rings is 2. The summed E-state index contributed by atoms with van der Waals surface area (Å²) in [4.78, 5) is 12.5. The molecular formula is C22H22N2O. The van der Waals surface area contributed by atoms with Crippen LogP contribution >= 0.6 is 0 Å². The molecule has 2 aromatic carbocycles. The van der Waals surface area contributed by atoms with Crippen LogP contribution in [0.1, 0.15) is 30.5 Å². The van der Waals surface area contributed by atoms with Crippen molar-refractivity contribution in [3.05, 3.63) is 82.9 Å². The molecule has 0 fully saturated rings. The van der Waals surface area contributed by atoms with Gasteiger partial charge in [0.1, 0.15) is 11.6 Å². The van der Waals surface area contributed by atoms with Crippen molar-refractivity contribution in [2.75, 3.05) is 5.32 Å². The quantitative estimate of drug-likeness (QED) is 0.464. The average Bonchev–Trinajstić information content (AvgIpc) is 2.66. The molecule has 0 unspecified atom stereocenters. The Morgan fingerprint density at radius 2 is 1.68 bits per heavy atom. The van der Waals surface area contributed by atoms with E-state index in [0.29, 0.717) is 0 Å². The van der Waals surface area contributed by atoms with Gasteiger partial charge in [0.15, 0.2) is 0 Å². The Morgan fingerprint density at radius 1 is 1.04 bits per heavy atom. The number of nitrogens with one attached hydrogen (secondary N) is 1. The molecule has 0 spiro atoms. The average molecular weight is 330 g/mol. The van der Waals surface area contributed by atoms with Crippen LogP contribution in [0, 0.1) is 11.3 Å². The van der Waals surface area contributed by atoms with Gasteiger partial charge in [0, 0.05) is 5.69 Å². The van der Waals surface area contributed by atoms with E-state index in [1.54, 1.807) is 12.2 Å². The van der Waals surface area contributed by atoms with Crippen molar-refractivity contribution in [3.8, 4) is 6.07 Å². The SMILES string of the molecule is CCc1cccc(CC)c1NC(=O)/C(C#N)=C\C=C\c1ccccc1. The summed E-state index contributed by atoms with van der Waals surface area (Å²) < 4.78 is 0. The maximum atomic E-state index is 12.5. The van der Waals surface area contributed by atoms with Gasteiger partial charge in [0.2, 0.25) is 0 Å². The second kappa shape index (κ2) is 9.24. The fourth-order valence-corrected chi connectivity index (χ4v) is 2.57. The normalized spacial score (nSPS) is 11.3. The number of allylic oxidation sites excluding steroid dienone is 2.